The third kappa shape index (κ3) is 4.15. The number of hydrogen-bond acceptors (Lipinski definition) is 1. The average molecular weight is 575 g/mol. The number of rotatable bonds is 5. The SMILES string of the molecule is C=C(c1ccccc1[C@@H](C)CC)c1cccc2c1N(C)c1cc(C)cc(C3=CCCc4c3[nH]c3c4C4=C(CCCC4)C3)c1B2. The summed E-state index contributed by atoms with van der Waals surface area (Å²) in [5.74, 6) is 0.496. The molecule has 3 aliphatic carbocycles. The van der Waals surface area contributed by atoms with E-state index in [0.717, 1.165) is 38.5 Å². The van der Waals surface area contributed by atoms with Crippen LogP contribution < -0.4 is 15.8 Å². The van der Waals surface area contributed by atoms with Crippen molar-refractivity contribution >= 4 is 46.3 Å². The number of fused-ring (bicyclic) bond motifs is 6. The van der Waals surface area contributed by atoms with Gasteiger partial charge in [-0.25, -0.2) is 0 Å². The lowest BCUT2D eigenvalue weighted by molar-refractivity contribution is 0.709. The number of allylic oxidation sites excluding steroid dienone is 3. The van der Waals surface area contributed by atoms with Crippen molar-refractivity contribution in [1.29, 1.82) is 0 Å². The Morgan fingerprint density at radius 3 is 2.70 bits per heavy atom. The fourth-order valence-electron chi connectivity index (χ4n) is 8.73. The Kier molecular flexibility index (Phi) is 6.63. The predicted octanol–water partition coefficient (Wildman–Crippen LogP) is 8.63. The molecule has 1 N–H and O–H groups in total. The van der Waals surface area contributed by atoms with Crippen LogP contribution in [0.15, 0.2) is 72.8 Å². The Morgan fingerprint density at radius 1 is 1.02 bits per heavy atom. The van der Waals surface area contributed by atoms with E-state index in [1.165, 1.54) is 92.8 Å². The van der Waals surface area contributed by atoms with Gasteiger partial charge in [0.2, 0.25) is 0 Å². The molecule has 4 aromatic rings. The molecule has 1 atom stereocenters. The van der Waals surface area contributed by atoms with Gasteiger partial charge in [-0.05, 0) is 108 Å². The maximum absolute atomic E-state index is 4.71. The number of anilines is 2. The van der Waals surface area contributed by atoms with Gasteiger partial charge >= 0.3 is 0 Å². The van der Waals surface area contributed by atoms with E-state index in [1.54, 1.807) is 22.3 Å². The molecule has 44 heavy (non-hydrogen) atoms. The molecule has 8 rings (SSSR count). The highest BCUT2D eigenvalue weighted by Crippen LogP contribution is 2.47. The smallest absolute Gasteiger partial charge is 0.198 e. The minimum atomic E-state index is 0.496. The minimum absolute atomic E-state index is 0.496. The van der Waals surface area contributed by atoms with Crippen LogP contribution in [0, 0.1) is 6.92 Å². The summed E-state index contributed by atoms with van der Waals surface area (Å²) in [5.41, 5.74) is 24.1. The second-order valence-electron chi connectivity index (χ2n) is 13.7. The zero-order valence-corrected chi connectivity index (χ0v) is 26.9. The van der Waals surface area contributed by atoms with E-state index in [-0.39, 0.29) is 0 Å². The lowest BCUT2D eigenvalue weighted by Crippen LogP contribution is -2.42. The Balaban J connectivity index is 1.22. The van der Waals surface area contributed by atoms with Crippen molar-refractivity contribution in [1.82, 2.24) is 4.98 Å². The molecule has 3 aromatic carbocycles. The van der Waals surface area contributed by atoms with Gasteiger partial charge in [-0.2, -0.15) is 0 Å². The second kappa shape index (κ2) is 10.6. The molecule has 0 amide bonds. The maximum atomic E-state index is 4.71. The first kappa shape index (κ1) is 27.6. The fraction of sp³-hybridized carbons (Fsp3) is 0.317. The normalized spacial score (nSPS) is 17.2. The Morgan fingerprint density at radius 2 is 1.84 bits per heavy atom. The first-order valence-electron chi connectivity index (χ1n) is 16.9. The largest absolute Gasteiger partial charge is 0.357 e. The van der Waals surface area contributed by atoms with Gasteiger partial charge in [0, 0.05) is 52.9 Å². The molecule has 3 heteroatoms. The predicted molar refractivity (Wildman–Crippen MR) is 191 cm³/mol. The molecule has 2 heterocycles. The van der Waals surface area contributed by atoms with E-state index < -0.39 is 0 Å². The van der Waals surface area contributed by atoms with Crippen LogP contribution >= 0.6 is 0 Å². The summed E-state index contributed by atoms with van der Waals surface area (Å²) in [6.45, 7) is 11.6. The number of aryl methyl sites for hydroxylation is 1. The van der Waals surface area contributed by atoms with Gasteiger partial charge in [0.1, 0.15) is 0 Å². The molecule has 0 saturated carbocycles. The first-order chi connectivity index (χ1) is 21.4. The Hall–Kier alpha value is -3.98. The highest BCUT2D eigenvalue weighted by molar-refractivity contribution is 6.72. The van der Waals surface area contributed by atoms with Crippen LogP contribution in [0.1, 0.15) is 109 Å². The summed E-state index contributed by atoms with van der Waals surface area (Å²) in [6.07, 6.45) is 12.3. The fourth-order valence-corrected chi connectivity index (χ4v) is 8.73. The monoisotopic (exact) mass is 574 g/mol. The van der Waals surface area contributed by atoms with Gasteiger partial charge in [-0.15, -0.1) is 0 Å². The number of nitrogens with one attached hydrogen (secondary N) is 1. The molecule has 0 unspecified atom stereocenters. The lowest BCUT2D eigenvalue weighted by Gasteiger charge is -2.35. The zero-order valence-electron chi connectivity index (χ0n) is 26.9. The van der Waals surface area contributed by atoms with E-state index in [1.807, 2.05) is 0 Å². The number of H-pyrrole nitrogens is 1. The average Bonchev–Trinajstić information content (AvgIpc) is 3.60. The van der Waals surface area contributed by atoms with E-state index in [9.17, 15) is 0 Å². The van der Waals surface area contributed by atoms with Gasteiger partial charge in [0.25, 0.3) is 0 Å². The molecule has 0 saturated heterocycles. The second-order valence-corrected chi connectivity index (χ2v) is 13.7. The maximum Gasteiger partial charge on any atom is 0.198 e. The van der Waals surface area contributed by atoms with Crippen molar-refractivity contribution < 1.29 is 0 Å². The lowest BCUT2D eigenvalue weighted by atomic mass is 9.57. The van der Waals surface area contributed by atoms with Crippen LogP contribution in [-0.4, -0.2) is 19.3 Å². The molecule has 1 aliphatic heterocycles. The van der Waals surface area contributed by atoms with Gasteiger partial charge in [-0.3, -0.25) is 0 Å². The van der Waals surface area contributed by atoms with Crippen molar-refractivity contribution in [2.45, 2.75) is 78.1 Å². The zero-order chi connectivity index (χ0) is 30.1. The molecule has 0 bridgehead atoms. The standard InChI is InChI=1S/C41H43BN2/c1-6-25(3)28-14-9-10-15-29(28)26(4)30-17-12-20-35-41(30)44(5)37-22-24(2)21-34(39(37)42-35)32-18-11-19-33-38-31-16-8-7-13-27(31)23-36(38)43-40(32)33/h9-10,12,14-15,17-18,20-22,25,42-43H,4,6-8,11,13,16,19,23H2,1-3,5H3/t25-/m0/s1. The van der Waals surface area contributed by atoms with E-state index in [2.05, 4.69) is 98.4 Å². The topological polar surface area (TPSA) is 19.0 Å². The molecule has 0 spiro atoms. The van der Waals surface area contributed by atoms with Gasteiger partial charge < -0.3 is 9.88 Å². The molecular formula is C41H43BN2. The van der Waals surface area contributed by atoms with Crippen molar-refractivity contribution in [3.8, 4) is 0 Å². The Labute approximate surface area is 263 Å². The van der Waals surface area contributed by atoms with Crippen molar-refractivity contribution in [2.75, 3.05) is 11.9 Å². The van der Waals surface area contributed by atoms with Gasteiger partial charge in [-0.1, -0.05) is 86.1 Å². The van der Waals surface area contributed by atoms with Crippen LogP contribution in [0.25, 0.3) is 16.7 Å². The third-order valence-electron chi connectivity index (χ3n) is 11.1. The summed E-state index contributed by atoms with van der Waals surface area (Å²) in [5, 5.41) is 0. The number of aromatic amines is 1. The molecule has 4 aliphatic rings. The molecule has 1 aromatic heterocycles. The minimum Gasteiger partial charge on any atom is -0.357 e. The van der Waals surface area contributed by atoms with Gasteiger partial charge in [0.05, 0.1) is 0 Å². The number of aromatic nitrogens is 1. The number of nitrogens with zero attached hydrogens (tertiary/aromatic N) is 1. The van der Waals surface area contributed by atoms with Crippen LogP contribution in [-0.2, 0) is 12.8 Å². The van der Waals surface area contributed by atoms with Crippen molar-refractivity contribution in [3.63, 3.8) is 0 Å². The molecule has 220 valence electrons. The van der Waals surface area contributed by atoms with Crippen LogP contribution in [0.5, 0.6) is 0 Å². The summed E-state index contributed by atoms with van der Waals surface area (Å²) >= 11 is 0. The number of benzene rings is 3. The molecule has 0 radical (unpaired) electrons. The quantitative estimate of drug-likeness (QED) is 0.237. The molecular weight excluding hydrogens is 531 g/mol. The van der Waals surface area contributed by atoms with E-state index in [4.69, 9.17) is 6.58 Å². The van der Waals surface area contributed by atoms with Crippen molar-refractivity contribution in [2.24, 2.45) is 0 Å². The van der Waals surface area contributed by atoms with Crippen LogP contribution in [0.4, 0.5) is 11.4 Å². The molecule has 2 nitrogen and oxygen atoms in total. The van der Waals surface area contributed by atoms with Crippen molar-refractivity contribution in [3.05, 3.63) is 123 Å². The van der Waals surface area contributed by atoms with Crippen LogP contribution in [0.2, 0.25) is 0 Å². The summed E-state index contributed by atoms with van der Waals surface area (Å²) in [6, 6.07) is 20.6. The number of hydrogen-bond donors (Lipinski definition) is 1. The summed E-state index contributed by atoms with van der Waals surface area (Å²) in [7, 11) is 3.19. The highest BCUT2D eigenvalue weighted by atomic mass is 15.1. The summed E-state index contributed by atoms with van der Waals surface area (Å²) < 4.78 is 0. The third-order valence-corrected chi connectivity index (χ3v) is 11.1. The van der Waals surface area contributed by atoms with E-state index in [0.29, 0.717) is 5.92 Å². The first-order valence-corrected chi connectivity index (χ1v) is 16.9. The highest BCUT2D eigenvalue weighted by Gasteiger charge is 2.34. The summed E-state index contributed by atoms with van der Waals surface area (Å²) in [4.78, 5) is 6.46. The Bertz CT molecular complexity index is 1910. The molecule has 0 fully saturated rings. The van der Waals surface area contributed by atoms with E-state index >= 15 is 0 Å². The number of para-hydroxylation sites is 1. The van der Waals surface area contributed by atoms with Crippen LogP contribution in [0.3, 0.4) is 0 Å². The van der Waals surface area contributed by atoms with Gasteiger partial charge in [0.15, 0.2) is 7.28 Å².